The first-order valence-electron chi connectivity index (χ1n) is 5.78. The van der Waals surface area contributed by atoms with Crippen LogP contribution in [0.3, 0.4) is 0 Å². The summed E-state index contributed by atoms with van der Waals surface area (Å²) >= 11 is 3.36. The fraction of sp³-hybridized carbons (Fsp3) is 0.417. The molecular formula is C12H16BrN3O. The summed E-state index contributed by atoms with van der Waals surface area (Å²) < 4.78 is 0.765. The van der Waals surface area contributed by atoms with Crippen LogP contribution < -0.4 is 11.2 Å². The van der Waals surface area contributed by atoms with E-state index in [4.69, 9.17) is 5.73 Å². The van der Waals surface area contributed by atoms with Crippen LogP contribution in [-0.2, 0) is 0 Å². The summed E-state index contributed by atoms with van der Waals surface area (Å²) in [6.45, 7) is 1.84. The Morgan fingerprint density at radius 1 is 1.29 bits per heavy atom. The zero-order valence-corrected chi connectivity index (χ0v) is 11.2. The van der Waals surface area contributed by atoms with E-state index in [9.17, 15) is 4.79 Å². The number of carbonyl (C=O) groups excluding carboxylic acids is 1. The molecule has 0 bridgehead atoms. The second-order valence-corrected chi connectivity index (χ2v) is 5.08. The number of nitrogen functional groups attached to an aromatic ring is 1. The maximum atomic E-state index is 12.0. The van der Waals surface area contributed by atoms with E-state index in [1.54, 1.807) is 18.2 Å². The second kappa shape index (κ2) is 5.51. The lowest BCUT2D eigenvalue weighted by molar-refractivity contribution is 0.0749. The minimum Gasteiger partial charge on any atom is -0.399 e. The van der Waals surface area contributed by atoms with Crippen molar-refractivity contribution in [2.45, 2.75) is 19.3 Å². The third-order valence-electron chi connectivity index (χ3n) is 2.85. The number of nitrogens with zero attached hydrogens (tertiary/aromatic N) is 1. The summed E-state index contributed by atoms with van der Waals surface area (Å²) in [7, 11) is 0. The third-order valence-corrected chi connectivity index (χ3v) is 3.54. The van der Waals surface area contributed by atoms with Crippen LogP contribution in [0.4, 0.5) is 5.69 Å². The third kappa shape index (κ3) is 3.20. The van der Waals surface area contributed by atoms with Crippen LogP contribution >= 0.6 is 15.9 Å². The first-order valence-corrected chi connectivity index (χ1v) is 6.57. The van der Waals surface area contributed by atoms with E-state index < -0.39 is 0 Å². The number of hydrogen-bond donors (Lipinski definition) is 2. The molecule has 1 aliphatic rings. The number of halogens is 1. The largest absolute Gasteiger partial charge is 0.399 e. The van der Waals surface area contributed by atoms with E-state index in [1.807, 2.05) is 5.01 Å². The number of anilines is 1. The Kier molecular flexibility index (Phi) is 4.02. The Bertz CT molecular complexity index is 416. The standard InChI is InChI=1S/C12H16BrN3O/c13-11-5-4-9(14)8-10(11)12(17)15-16-6-2-1-3-7-16/h4-5,8H,1-3,6-7,14H2,(H,15,17). The van der Waals surface area contributed by atoms with Gasteiger partial charge < -0.3 is 5.73 Å². The highest BCUT2D eigenvalue weighted by atomic mass is 79.9. The quantitative estimate of drug-likeness (QED) is 0.823. The topological polar surface area (TPSA) is 58.4 Å². The molecule has 1 fully saturated rings. The smallest absolute Gasteiger partial charge is 0.266 e. The van der Waals surface area contributed by atoms with Gasteiger partial charge in [0.25, 0.3) is 5.91 Å². The molecule has 0 aliphatic carbocycles. The number of carbonyl (C=O) groups is 1. The highest BCUT2D eigenvalue weighted by molar-refractivity contribution is 9.10. The fourth-order valence-electron chi connectivity index (χ4n) is 1.93. The summed E-state index contributed by atoms with van der Waals surface area (Å²) in [6.07, 6.45) is 3.52. The van der Waals surface area contributed by atoms with Crippen molar-refractivity contribution in [1.29, 1.82) is 0 Å². The van der Waals surface area contributed by atoms with E-state index in [0.29, 0.717) is 11.3 Å². The molecule has 1 aromatic rings. The van der Waals surface area contributed by atoms with Gasteiger partial charge in [-0.25, -0.2) is 5.01 Å². The average molecular weight is 298 g/mol. The van der Waals surface area contributed by atoms with Crippen molar-refractivity contribution >= 4 is 27.5 Å². The second-order valence-electron chi connectivity index (χ2n) is 4.23. The lowest BCUT2D eigenvalue weighted by atomic mass is 10.1. The van der Waals surface area contributed by atoms with E-state index in [0.717, 1.165) is 30.4 Å². The summed E-state index contributed by atoms with van der Waals surface area (Å²) in [5.41, 5.74) is 9.77. The van der Waals surface area contributed by atoms with E-state index in [2.05, 4.69) is 21.4 Å². The zero-order valence-electron chi connectivity index (χ0n) is 9.58. The van der Waals surface area contributed by atoms with E-state index >= 15 is 0 Å². The van der Waals surface area contributed by atoms with Crippen molar-refractivity contribution in [2.24, 2.45) is 0 Å². The number of benzene rings is 1. The number of piperidine rings is 1. The number of hydrogen-bond acceptors (Lipinski definition) is 3. The van der Waals surface area contributed by atoms with Gasteiger partial charge in [0.05, 0.1) is 5.56 Å². The van der Waals surface area contributed by atoms with Crippen LogP contribution in [0.5, 0.6) is 0 Å². The van der Waals surface area contributed by atoms with Gasteiger partial charge in [0.2, 0.25) is 0 Å². The molecule has 92 valence electrons. The molecule has 5 heteroatoms. The Morgan fingerprint density at radius 2 is 2.00 bits per heavy atom. The Labute approximate surface area is 109 Å². The maximum Gasteiger partial charge on any atom is 0.266 e. The van der Waals surface area contributed by atoms with E-state index in [1.165, 1.54) is 6.42 Å². The lowest BCUT2D eigenvalue weighted by Gasteiger charge is -2.27. The number of amides is 1. The van der Waals surface area contributed by atoms with E-state index in [-0.39, 0.29) is 5.91 Å². The van der Waals surface area contributed by atoms with Gasteiger partial charge in [0, 0.05) is 23.2 Å². The highest BCUT2D eigenvalue weighted by Gasteiger charge is 2.15. The van der Waals surface area contributed by atoms with Crippen molar-refractivity contribution in [3.8, 4) is 0 Å². The van der Waals surface area contributed by atoms with Gasteiger partial charge in [-0.05, 0) is 47.0 Å². The molecule has 0 saturated carbocycles. The summed E-state index contributed by atoms with van der Waals surface area (Å²) in [6, 6.07) is 5.24. The molecule has 0 aromatic heterocycles. The Morgan fingerprint density at radius 3 is 2.71 bits per heavy atom. The van der Waals surface area contributed by atoms with Crippen LogP contribution in [0.15, 0.2) is 22.7 Å². The molecular weight excluding hydrogens is 282 g/mol. The van der Waals surface area contributed by atoms with Gasteiger partial charge in [0.15, 0.2) is 0 Å². The molecule has 17 heavy (non-hydrogen) atoms. The first kappa shape index (κ1) is 12.4. The zero-order chi connectivity index (χ0) is 12.3. The summed E-state index contributed by atoms with van der Waals surface area (Å²) in [5.74, 6) is -0.105. The van der Waals surface area contributed by atoms with Gasteiger partial charge in [-0.2, -0.15) is 0 Å². The first-order chi connectivity index (χ1) is 8.16. The summed E-state index contributed by atoms with van der Waals surface area (Å²) in [4.78, 5) is 12.0. The van der Waals surface area contributed by atoms with Crippen LogP contribution in [0.2, 0.25) is 0 Å². The van der Waals surface area contributed by atoms with Crippen LogP contribution in [-0.4, -0.2) is 24.0 Å². The van der Waals surface area contributed by atoms with Gasteiger partial charge in [-0.15, -0.1) is 0 Å². The molecule has 1 heterocycles. The molecule has 0 spiro atoms. The molecule has 3 N–H and O–H groups in total. The number of nitrogens with two attached hydrogens (primary N) is 1. The summed E-state index contributed by atoms with van der Waals surface area (Å²) in [5, 5.41) is 1.97. The highest BCUT2D eigenvalue weighted by Crippen LogP contribution is 2.19. The van der Waals surface area contributed by atoms with Crippen molar-refractivity contribution in [2.75, 3.05) is 18.8 Å². The molecule has 1 amide bonds. The molecule has 1 aliphatic heterocycles. The lowest BCUT2D eigenvalue weighted by Crippen LogP contribution is -2.45. The number of rotatable bonds is 2. The Hall–Kier alpha value is -1.07. The molecule has 1 saturated heterocycles. The minimum atomic E-state index is -0.105. The van der Waals surface area contributed by atoms with Gasteiger partial charge >= 0.3 is 0 Å². The van der Waals surface area contributed by atoms with Crippen LogP contribution in [0.1, 0.15) is 29.6 Å². The van der Waals surface area contributed by atoms with Crippen LogP contribution in [0.25, 0.3) is 0 Å². The minimum absolute atomic E-state index is 0.105. The average Bonchev–Trinajstić information content (AvgIpc) is 2.33. The predicted octanol–water partition coefficient (Wildman–Crippen LogP) is 2.16. The molecule has 0 unspecified atom stereocenters. The Balaban J connectivity index is 2.05. The van der Waals surface area contributed by atoms with Gasteiger partial charge in [-0.1, -0.05) is 6.42 Å². The van der Waals surface area contributed by atoms with Crippen molar-refractivity contribution < 1.29 is 4.79 Å². The number of hydrazine groups is 1. The van der Waals surface area contributed by atoms with Gasteiger partial charge in [0.1, 0.15) is 0 Å². The molecule has 4 nitrogen and oxygen atoms in total. The van der Waals surface area contributed by atoms with Crippen LogP contribution in [0, 0.1) is 0 Å². The molecule has 0 atom stereocenters. The molecule has 0 radical (unpaired) electrons. The number of nitrogens with one attached hydrogen (secondary N) is 1. The monoisotopic (exact) mass is 297 g/mol. The molecule has 1 aromatic carbocycles. The fourth-order valence-corrected chi connectivity index (χ4v) is 2.35. The normalized spacial score (nSPS) is 16.8. The SMILES string of the molecule is Nc1ccc(Br)c(C(=O)NN2CCCCC2)c1. The molecule has 2 rings (SSSR count). The maximum absolute atomic E-state index is 12.0. The van der Waals surface area contributed by atoms with Crippen molar-refractivity contribution in [3.63, 3.8) is 0 Å². The van der Waals surface area contributed by atoms with Gasteiger partial charge in [-0.3, -0.25) is 10.2 Å². The predicted molar refractivity (Wildman–Crippen MR) is 71.4 cm³/mol. The van der Waals surface area contributed by atoms with Crippen molar-refractivity contribution in [3.05, 3.63) is 28.2 Å². The van der Waals surface area contributed by atoms with Crippen molar-refractivity contribution in [1.82, 2.24) is 10.4 Å².